The molecule has 0 aromatic carbocycles. The van der Waals surface area contributed by atoms with Crippen LogP contribution < -0.4 is 5.32 Å². The number of anilines is 1. The number of hydrogen-bond donors (Lipinski definition) is 2. The van der Waals surface area contributed by atoms with E-state index in [0.29, 0.717) is 22.8 Å². The Balaban J connectivity index is 1.68. The van der Waals surface area contributed by atoms with E-state index in [1.807, 2.05) is 6.07 Å². The van der Waals surface area contributed by atoms with E-state index >= 15 is 0 Å². The molecule has 0 spiro atoms. The summed E-state index contributed by atoms with van der Waals surface area (Å²) < 4.78 is 1.67. The highest BCUT2D eigenvalue weighted by atomic mass is 35.5. The quantitative estimate of drug-likeness (QED) is 0.901. The molecule has 1 aliphatic rings. The number of fused-ring (bicyclic) bond motifs is 1. The molecule has 1 fully saturated rings. The maximum absolute atomic E-state index is 9.30. The first-order valence-corrected chi connectivity index (χ1v) is 7.01. The monoisotopic (exact) mass is 280 g/mol. The highest BCUT2D eigenvalue weighted by Gasteiger charge is 2.26. The molecule has 0 saturated heterocycles. The third-order valence-corrected chi connectivity index (χ3v) is 4.09. The van der Waals surface area contributed by atoms with Crippen LogP contribution in [0.5, 0.6) is 0 Å². The summed E-state index contributed by atoms with van der Waals surface area (Å²) in [7, 11) is 0. The first-order chi connectivity index (χ1) is 9.26. The van der Waals surface area contributed by atoms with Crippen LogP contribution in [0.2, 0.25) is 5.02 Å². The fraction of sp³-hybridized carbons (Fsp3) is 0.538. The number of rotatable bonds is 4. The minimum Gasteiger partial charge on any atom is -0.396 e. The van der Waals surface area contributed by atoms with E-state index in [2.05, 4.69) is 15.4 Å². The first-order valence-electron chi connectivity index (χ1n) is 6.63. The van der Waals surface area contributed by atoms with Crippen molar-refractivity contribution in [2.75, 3.05) is 18.5 Å². The maximum atomic E-state index is 9.30. The standard InChI is InChI=1S/C13H17ClN4O/c14-11-4-5-12-16-13(17-18(12)7-11)15-6-9-2-1-3-10(9)8-19/h4-5,7,9-10,19H,1-3,6,8H2,(H,15,17). The highest BCUT2D eigenvalue weighted by Crippen LogP contribution is 2.31. The summed E-state index contributed by atoms with van der Waals surface area (Å²) in [6, 6.07) is 3.64. The SMILES string of the molecule is OCC1CCCC1CNc1nc2ccc(Cl)cn2n1. The Morgan fingerprint density at radius 2 is 2.21 bits per heavy atom. The van der Waals surface area contributed by atoms with Crippen LogP contribution in [0.15, 0.2) is 18.3 Å². The molecule has 2 heterocycles. The number of aliphatic hydroxyl groups is 1. The lowest BCUT2D eigenvalue weighted by Crippen LogP contribution is -2.21. The number of hydrogen-bond acceptors (Lipinski definition) is 4. The lowest BCUT2D eigenvalue weighted by molar-refractivity contribution is 0.199. The molecule has 2 unspecified atom stereocenters. The fourth-order valence-electron chi connectivity index (χ4n) is 2.78. The van der Waals surface area contributed by atoms with E-state index in [-0.39, 0.29) is 6.61 Å². The predicted molar refractivity (Wildman–Crippen MR) is 74.4 cm³/mol. The Morgan fingerprint density at radius 3 is 3.05 bits per heavy atom. The summed E-state index contributed by atoms with van der Waals surface area (Å²) in [6.07, 6.45) is 5.22. The number of halogens is 1. The van der Waals surface area contributed by atoms with Crippen LogP contribution in [-0.4, -0.2) is 32.9 Å². The van der Waals surface area contributed by atoms with Gasteiger partial charge in [0.15, 0.2) is 5.65 Å². The van der Waals surface area contributed by atoms with Crippen molar-refractivity contribution in [3.05, 3.63) is 23.4 Å². The summed E-state index contributed by atoms with van der Waals surface area (Å²) in [6.45, 7) is 1.09. The van der Waals surface area contributed by atoms with Gasteiger partial charge < -0.3 is 10.4 Å². The maximum Gasteiger partial charge on any atom is 0.243 e. The van der Waals surface area contributed by atoms with Gasteiger partial charge in [0.2, 0.25) is 5.95 Å². The van der Waals surface area contributed by atoms with E-state index in [4.69, 9.17) is 11.6 Å². The van der Waals surface area contributed by atoms with Crippen LogP contribution in [0.4, 0.5) is 5.95 Å². The Kier molecular flexibility index (Phi) is 3.57. The average Bonchev–Trinajstić information content (AvgIpc) is 3.01. The van der Waals surface area contributed by atoms with E-state index in [0.717, 1.165) is 25.0 Å². The third kappa shape index (κ3) is 2.67. The van der Waals surface area contributed by atoms with Gasteiger partial charge in [0.25, 0.3) is 0 Å². The van der Waals surface area contributed by atoms with Crippen molar-refractivity contribution in [2.45, 2.75) is 19.3 Å². The van der Waals surface area contributed by atoms with Gasteiger partial charge in [-0.1, -0.05) is 18.0 Å². The molecule has 2 atom stereocenters. The zero-order chi connectivity index (χ0) is 13.2. The van der Waals surface area contributed by atoms with Gasteiger partial charge in [-0.2, -0.15) is 4.98 Å². The van der Waals surface area contributed by atoms with Crippen molar-refractivity contribution in [3.63, 3.8) is 0 Å². The Hall–Kier alpha value is -1.33. The fourth-order valence-corrected chi connectivity index (χ4v) is 2.93. The third-order valence-electron chi connectivity index (χ3n) is 3.87. The molecule has 3 rings (SSSR count). The van der Waals surface area contributed by atoms with Crippen molar-refractivity contribution in [3.8, 4) is 0 Å². The van der Waals surface area contributed by atoms with E-state index < -0.39 is 0 Å². The van der Waals surface area contributed by atoms with E-state index in [1.54, 1.807) is 16.8 Å². The highest BCUT2D eigenvalue weighted by molar-refractivity contribution is 6.30. The molecular formula is C13H17ClN4O. The first kappa shape index (κ1) is 12.7. The Labute approximate surface area is 116 Å². The number of aromatic nitrogens is 3. The topological polar surface area (TPSA) is 62.5 Å². The summed E-state index contributed by atoms with van der Waals surface area (Å²) >= 11 is 5.91. The van der Waals surface area contributed by atoms with Gasteiger partial charge in [0, 0.05) is 19.3 Å². The van der Waals surface area contributed by atoms with E-state index in [9.17, 15) is 5.11 Å². The Morgan fingerprint density at radius 1 is 1.37 bits per heavy atom. The molecule has 1 saturated carbocycles. The molecule has 0 radical (unpaired) electrons. The molecule has 2 N–H and O–H groups in total. The molecule has 1 aliphatic carbocycles. The van der Waals surface area contributed by atoms with Crippen molar-refractivity contribution in [1.29, 1.82) is 0 Å². The molecule has 0 bridgehead atoms. The zero-order valence-electron chi connectivity index (χ0n) is 10.6. The summed E-state index contributed by atoms with van der Waals surface area (Å²) in [5, 5.41) is 17.5. The van der Waals surface area contributed by atoms with E-state index in [1.165, 1.54) is 6.42 Å². The van der Waals surface area contributed by atoms with Gasteiger partial charge in [-0.3, -0.25) is 0 Å². The van der Waals surface area contributed by atoms with Gasteiger partial charge in [0.1, 0.15) is 0 Å². The van der Waals surface area contributed by atoms with Crippen LogP contribution >= 0.6 is 11.6 Å². The average molecular weight is 281 g/mol. The molecule has 6 heteroatoms. The smallest absolute Gasteiger partial charge is 0.243 e. The lowest BCUT2D eigenvalue weighted by Gasteiger charge is -2.16. The second-order valence-electron chi connectivity index (χ2n) is 5.10. The molecule has 0 amide bonds. The minimum absolute atomic E-state index is 0.278. The van der Waals surface area contributed by atoms with Crippen molar-refractivity contribution in [1.82, 2.24) is 14.6 Å². The van der Waals surface area contributed by atoms with Gasteiger partial charge >= 0.3 is 0 Å². The lowest BCUT2D eigenvalue weighted by atomic mass is 9.97. The normalized spacial score (nSPS) is 23.1. The van der Waals surface area contributed by atoms with Crippen LogP contribution in [0.3, 0.4) is 0 Å². The predicted octanol–water partition coefficient (Wildman–Crippen LogP) is 2.20. The molecule has 102 valence electrons. The van der Waals surface area contributed by atoms with Crippen LogP contribution in [0.25, 0.3) is 5.65 Å². The van der Waals surface area contributed by atoms with Gasteiger partial charge in [-0.15, -0.1) is 5.10 Å². The van der Waals surface area contributed by atoms with Crippen molar-refractivity contribution in [2.24, 2.45) is 11.8 Å². The van der Waals surface area contributed by atoms with Gasteiger partial charge in [-0.25, -0.2) is 4.52 Å². The zero-order valence-corrected chi connectivity index (χ0v) is 11.3. The van der Waals surface area contributed by atoms with Gasteiger partial charge in [-0.05, 0) is 36.8 Å². The summed E-state index contributed by atoms with van der Waals surface area (Å²) in [4.78, 5) is 4.39. The molecular weight excluding hydrogens is 264 g/mol. The van der Waals surface area contributed by atoms with Crippen molar-refractivity contribution >= 4 is 23.2 Å². The molecule has 5 nitrogen and oxygen atoms in total. The van der Waals surface area contributed by atoms with Crippen molar-refractivity contribution < 1.29 is 5.11 Å². The Bertz CT molecular complexity index is 571. The second kappa shape index (κ2) is 5.35. The summed E-state index contributed by atoms with van der Waals surface area (Å²) in [5.74, 6) is 1.55. The second-order valence-corrected chi connectivity index (χ2v) is 5.54. The molecule has 2 aromatic heterocycles. The van der Waals surface area contributed by atoms with Gasteiger partial charge in [0.05, 0.1) is 5.02 Å². The molecule has 2 aromatic rings. The molecule has 0 aliphatic heterocycles. The largest absolute Gasteiger partial charge is 0.396 e. The number of nitrogens with zero attached hydrogens (tertiary/aromatic N) is 3. The summed E-state index contributed by atoms with van der Waals surface area (Å²) in [5.41, 5.74) is 0.775. The number of pyridine rings is 1. The van der Waals surface area contributed by atoms with Crippen LogP contribution in [0.1, 0.15) is 19.3 Å². The number of aliphatic hydroxyl groups excluding tert-OH is 1. The minimum atomic E-state index is 0.278. The number of nitrogens with one attached hydrogen (secondary N) is 1. The molecule has 19 heavy (non-hydrogen) atoms. The van der Waals surface area contributed by atoms with Crippen LogP contribution in [0, 0.1) is 11.8 Å². The van der Waals surface area contributed by atoms with Crippen LogP contribution in [-0.2, 0) is 0 Å².